The smallest absolute Gasteiger partial charge is 0.343 e. The van der Waals surface area contributed by atoms with Gasteiger partial charge in [0, 0.05) is 19.3 Å². The molecule has 13 nitrogen and oxygen atoms in total. The lowest BCUT2D eigenvalue weighted by atomic mass is 10.2. The second kappa shape index (κ2) is 11.4. The molecule has 188 valence electrons. The maximum Gasteiger partial charge on any atom is 0.343 e. The van der Waals surface area contributed by atoms with Crippen LogP contribution in [0, 0.1) is 11.2 Å². The summed E-state index contributed by atoms with van der Waals surface area (Å²) in [5.41, 5.74) is 5.87. The predicted molar refractivity (Wildman–Crippen MR) is 121 cm³/mol. The summed E-state index contributed by atoms with van der Waals surface area (Å²) in [5, 5.41) is 27.6. The van der Waals surface area contributed by atoms with Gasteiger partial charge < -0.3 is 26.0 Å². The molecule has 0 heterocycles. The lowest BCUT2D eigenvalue weighted by molar-refractivity contribution is -0.147. The fraction of sp³-hybridized carbons (Fsp3) is 0.200. The third-order valence-electron chi connectivity index (χ3n) is 4.53. The second-order valence-corrected chi connectivity index (χ2v) is 8.88. The minimum absolute atomic E-state index is 0.0905. The average Bonchev–Trinajstić information content (AvgIpc) is 2.77. The first-order chi connectivity index (χ1) is 16.3. The molecule has 2 aromatic carbocycles. The van der Waals surface area contributed by atoms with Crippen LogP contribution in [0.4, 0.5) is 10.1 Å². The van der Waals surface area contributed by atoms with Crippen molar-refractivity contribution in [3.05, 3.63) is 59.4 Å². The number of nitrogens with one attached hydrogen (secondary N) is 3. The molecule has 0 aliphatic heterocycles. The molecule has 7 N–H and O–H groups in total. The highest BCUT2D eigenvalue weighted by atomic mass is 32.2. The molecule has 2 aromatic rings. The molecule has 35 heavy (non-hydrogen) atoms. The van der Waals surface area contributed by atoms with Crippen molar-refractivity contribution in [3.63, 3.8) is 0 Å². The molecule has 1 atom stereocenters. The first kappa shape index (κ1) is 27.2. The van der Waals surface area contributed by atoms with E-state index < -0.39 is 58.7 Å². The minimum Gasteiger partial charge on any atom is -0.481 e. The van der Waals surface area contributed by atoms with Gasteiger partial charge in [-0.25, -0.2) is 9.18 Å². The number of hydrogen-bond donors (Lipinski definition) is 6. The van der Waals surface area contributed by atoms with E-state index in [2.05, 4.69) is 10.0 Å². The summed E-state index contributed by atoms with van der Waals surface area (Å²) >= 11 is 0. The molecule has 0 unspecified atom stereocenters. The topological polar surface area (TPSA) is 212 Å². The molecule has 0 bridgehead atoms. The van der Waals surface area contributed by atoms with Crippen LogP contribution in [0.1, 0.15) is 22.3 Å². The van der Waals surface area contributed by atoms with E-state index in [4.69, 9.17) is 26.1 Å². The van der Waals surface area contributed by atoms with E-state index in [1.807, 2.05) is 0 Å². The number of aliphatic carboxylic acids is 2. The highest BCUT2D eigenvalue weighted by Gasteiger charge is 2.33. The van der Waals surface area contributed by atoms with Crippen molar-refractivity contribution >= 4 is 39.8 Å². The number of nitrogens with zero attached hydrogens (tertiary/aromatic N) is 1. The van der Waals surface area contributed by atoms with Crippen molar-refractivity contribution in [2.24, 2.45) is 5.73 Å². The summed E-state index contributed by atoms with van der Waals surface area (Å²) in [6.45, 7) is -0.457. The van der Waals surface area contributed by atoms with Crippen LogP contribution in [0.5, 0.6) is 5.75 Å². The highest BCUT2D eigenvalue weighted by Crippen LogP contribution is 2.21. The van der Waals surface area contributed by atoms with E-state index in [0.717, 1.165) is 19.2 Å². The average molecular weight is 511 g/mol. The van der Waals surface area contributed by atoms with E-state index in [1.54, 1.807) is 0 Å². The van der Waals surface area contributed by atoms with Crippen LogP contribution in [0.25, 0.3) is 0 Å². The van der Waals surface area contributed by atoms with Gasteiger partial charge in [0.1, 0.15) is 6.04 Å². The van der Waals surface area contributed by atoms with Crippen molar-refractivity contribution in [1.82, 2.24) is 9.03 Å². The third-order valence-corrected chi connectivity index (χ3v) is 6.05. The van der Waals surface area contributed by atoms with E-state index in [0.29, 0.717) is 9.99 Å². The molecule has 15 heteroatoms. The Kier molecular flexibility index (Phi) is 8.82. The van der Waals surface area contributed by atoms with Crippen LogP contribution in [0.2, 0.25) is 0 Å². The highest BCUT2D eigenvalue weighted by molar-refractivity contribution is 7.87. The number of rotatable bonds is 11. The van der Waals surface area contributed by atoms with Gasteiger partial charge in [-0.05, 0) is 42.0 Å². The second-order valence-electron chi connectivity index (χ2n) is 7.06. The van der Waals surface area contributed by atoms with Crippen molar-refractivity contribution in [1.29, 1.82) is 5.41 Å². The van der Waals surface area contributed by atoms with Gasteiger partial charge in [-0.1, -0.05) is 6.07 Å². The van der Waals surface area contributed by atoms with Crippen molar-refractivity contribution < 1.29 is 42.1 Å². The van der Waals surface area contributed by atoms with Crippen LogP contribution in [-0.4, -0.2) is 59.9 Å². The number of carbonyl (C=O) groups is 3. The monoisotopic (exact) mass is 511 g/mol. The number of benzene rings is 2. The van der Waals surface area contributed by atoms with Gasteiger partial charge in [-0.3, -0.25) is 15.0 Å². The molecule has 0 fully saturated rings. The standard InChI is InChI=1S/C20H22FN5O8S/c1-26(15(18(29)30)9-17(27)28)35(32,33)24-10-11-2-7-16(14(21)8-11)34-19(31)12-3-5-13(6-4-12)25-20(22)23/h2-8,15,24H,9-10H2,1H3,(H,27,28)(H,29,30)(H4,22,23,25)/t15-/m0/s1. The number of ether oxygens (including phenoxy) is 1. The fourth-order valence-corrected chi connectivity index (χ4v) is 3.77. The minimum atomic E-state index is -4.43. The van der Waals surface area contributed by atoms with E-state index in [9.17, 15) is 27.2 Å². The Morgan fingerprint density at radius 1 is 1.17 bits per heavy atom. The van der Waals surface area contributed by atoms with Crippen LogP contribution in [0.3, 0.4) is 0 Å². The van der Waals surface area contributed by atoms with Gasteiger partial charge in [0.2, 0.25) is 0 Å². The molecule has 0 spiro atoms. The zero-order chi connectivity index (χ0) is 26.3. The number of carbonyl (C=O) groups excluding carboxylic acids is 1. The molecule has 0 amide bonds. The van der Waals surface area contributed by atoms with E-state index >= 15 is 0 Å². The molecule has 2 rings (SSSR count). The number of carboxylic acid groups (broad SMARTS) is 2. The number of guanidine groups is 1. The van der Waals surface area contributed by atoms with Gasteiger partial charge in [0.15, 0.2) is 17.5 Å². The summed E-state index contributed by atoms with van der Waals surface area (Å²) in [7, 11) is -3.53. The molecule has 0 aliphatic carbocycles. The molecular formula is C20H22FN5O8S. The van der Waals surface area contributed by atoms with Crippen LogP contribution < -0.4 is 20.5 Å². The molecule has 0 aliphatic rings. The first-order valence-corrected chi connectivity index (χ1v) is 11.1. The van der Waals surface area contributed by atoms with Gasteiger partial charge in [0.05, 0.1) is 12.0 Å². The molecular weight excluding hydrogens is 489 g/mol. The fourth-order valence-electron chi connectivity index (χ4n) is 2.72. The van der Waals surface area contributed by atoms with Gasteiger partial charge >= 0.3 is 17.9 Å². The normalized spacial score (nSPS) is 12.1. The van der Waals surface area contributed by atoms with Crippen LogP contribution in [0.15, 0.2) is 42.5 Å². The van der Waals surface area contributed by atoms with Crippen LogP contribution in [-0.2, 0) is 26.3 Å². The number of likely N-dealkylation sites (N-methyl/N-ethyl adjacent to an activating group) is 1. The van der Waals surface area contributed by atoms with Crippen LogP contribution >= 0.6 is 0 Å². The van der Waals surface area contributed by atoms with E-state index in [-0.39, 0.29) is 17.1 Å². The lowest BCUT2D eigenvalue weighted by Gasteiger charge is -2.23. The Bertz CT molecular complexity index is 1240. The third kappa shape index (κ3) is 7.73. The Morgan fingerprint density at radius 2 is 1.80 bits per heavy atom. The Balaban J connectivity index is 2.05. The molecule has 0 aromatic heterocycles. The van der Waals surface area contributed by atoms with Crippen molar-refractivity contribution in [3.8, 4) is 5.75 Å². The number of carboxylic acids is 2. The molecule has 0 saturated carbocycles. The molecule has 0 radical (unpaired) electrons. The Morgan fingerprint density at radius 3 is 2.31 bits per heavy atom. The first-order valence-electron chi connectivity index (χ1n) is 9.69. The number of hydrogen-bond acceptors (Lipinski definition) is 7. The maximum atomic E-state index is 14.4. The maximum absolute atomic E-state index is 14.4. The zero-order valence-electron chi connectivity index (χ0n) is 18.2. The summed E-state index contributed by atoms with van der Waals surface area (Å²) < 4.78 is 46.5. The predicted octanol–water partition coefficient (Wildman–Crippen LogP) is 0.544. The summed E-state index contributed by atoms with van der Waals surface area (Å²) in [4.78, 5) is 34.3. The SMILES string of the molecule is CN([C@@H](CC(=O)O)C(=O)O)S(=O)(=O)NCc1ccc(OC(=O)c2ccc(NC(=N)N)cc2)c(F)c1. The summed E-state index contributed by atoms with van der Waals surface area (Å²) in [6.07, 6.45) is -0.961. The summed E-state index contributed by atoms with van der Waals surface area (Å²) in [5.74, 6) is -5.70. The Labute approximate surface area is 199 Å². The van der Waals surface area contributed by atoms with Crippen molar-refractivity contribution in [2.75, 3.05) is 12.4 Å². The quantitative estimate of drug-likeness (QED) is 0.107. The molecule has 0 saturated heterocycles. The number of esters is 1. The van der Waals surface area contributed by atoms with E-state index in [1.165, 1.54) is 30.3 Å². The van der Waals surface area contributed by atoms with Gasteiger partial charge in [-0.2, -0.15) is 17.4 Å². The van der Waals surface area contributed by atoms with Gasteiger partial charge in [0.25, 0.3) is 10.2 Å². The Hall–Kier alpha value is -4.08. The van der Waals surface area contributed by atoms with Crippen molar-refractivity contribution in [2.45, 2.75) is 19.0 Å². The summed E-state index contributed by atoms with van der Waals surface area (Å²) in [6, 6.07) is 7.13. The number of halogens is 1. The van der Waals surface area contributed by atoms with Gasteiger partial charge in [-0.15, -0.1) is 0 Å². The lowest BCUT2D eigenvalue weighted by Crippen LogP contribution is -2.48. The largest absolute Gasteiger partial charge is 0.481 e. The number of nitrogens with two attached hydrogens (primary N) is 1. The number of anilines is 1. The zero-order valence-corrected chi connectivity index (χ0v) is 19.0.